The zero-order valence-electron chi connectivity index (χ0n) is 11.6. The standard InChI is InChI=1S/C19H18O/c1-15-14-18(20)12-13-19(15,16-8-4-2-5-9-16)17-10-6-3-7-11-17/h2-13,15H,14H2,1H3/t15-/m0/s1. The lowest BCUT2D eigenvalue weighted by molar-refractivity contribution is -0.116. The van der Waals surface area contributed by atoms with E-state index < -0.39 is 0 Å². The van der Waals surface area contributed by atoms with E-state index in [1.807, 2.05) is 12.1 Å². The highest BCUT2D eigenvalue weighted by molar-refractivity contribution is 5.91. The van der Waals surface area contributed by atoms with Crippen LogP contribution in [0.3, 0.4) is 0 Å². The molecule has 2 aromatic rings. The Morgan fingerprint density at radius 2 is 1.40 bits per heavy atom. The van der Waals surface area contributed by atoms with E-state index in [1.54, 1.807) is 6.08 Å². The van der Waals surface area contributed by atoms with Crippen LogP contribution in [0.5, 0.6) is 0 Å². The molecule has 1 atom stereocenters. The maximum absolute atomic E-state index is 11.7. The van der Waals surface area contributed by atoms with Crippen molar-refractivity contribution in [1.29, 1.82) is 0 Å². The molecule has 100 valence electrons. The van der Waals surface area contributed by atoms with Crippen molar-refractivity contribution in [1.82, 2.24) is 0 Å². The number of allylic oxidation sites excluding steroid dienone is 2. The molecule has 0 aliphatic heterocycles. The Bertz CT molecular complexity index is 586. The normalized spacial score (nSPS) is 20.9. The molecule has 0 fully saturated rings. The van der Waals surface area contributed by atoms with Crippen molar-refractivity contribution in [3.05, 3.63) is 83.9 Å². The molecular formula is C19H18O. The molecule has 0 heterocycles. The van der Waals surface area contributed by atoms with Crippen LogP contribution < -0.4 is 0 Å². The minimum Gasteiger partial charge on any atom is -0.295 e. The molecule has 0 spiro atoms. The van der Waals surface area contributed by atoms with Crippen molar-refractivity contribution < 1.29 is 4.79 Å². The van der Waals surface area contributed by atoms with E-state index in [9.17, 15) is 4.79 Å². The van der Waals surface area contributed by atoms with Crippen LogP contribution in [0.2, 0.25) is 0 Å². The Morgan fingerprint density at radius 1 is 0.900 bits per heavy atom. The zero-order valence-corrected chi connectivity index (χ0v) is 11.6. The van der Waals surface area contributed by atoms with Gasteiger partial charge in [-0.25, -0.2) is 0 Å². The number of hydrogen-bond acceptors (Lipinski definition) is 1. The van der Waals surface area contributed by atoms with E-state index in [4.69, 9.17) is 0 Å². The maximum Gasteiger partial charge on any atom is 0.155 e. The second kappa shape index (κ2) is 5.09. The van der Waals surface area contributed by atoms with Crippen molar-refractivity contribution >= 4 is 5.78 Å². The summed E-state index contributed by atoms with van der Waals surface area (Å²) >= 11 is 0. The summed E-state index contributed by atoms with van der Waals surface area (Å²) in [5, 5.41) is 0. The molecule has 0 saturated heterocycles. The third kappa shape index (κ3) is 2.00. The average molecular weight is 262 g/mol. The first-order chi connectivity index (χ1) is 9.73. The summed E-state index contributed by atoms with van der Waals surface area (Å²) in [5.74, 6) is 0.477. The lowest BCUT2D eigenvalue weighted by atomic mass is 9.63. The highest BCUT2D eigenvalue weighted by Gasteiger charge is 2.40. The molecule has 20 heavy (non-hydrogen) atoms. The smallest absolute Gasteiger partial charge is 0.155 e. The van der Waals surface area contributed by atoms with Crippen molar-refractivity contribution in [2.45, 2.75) is 18.8 Å². The van der Waals surface area contributed by atoms with E-state index in [0.717, 1.165) is 0 Å². The molecule has 0 radical (unpaired) electrons. The third-order valence-electron chi connectivity index (χ3n) is 4.32. The second-order valence-electron chi connectivity index (χ2n) is 5.51. The Balaban J connectivity index is 2.24. The van der Waals surface area contributed by atoms with E-state index in [1.165, 1.54) is 11.1 Å². The lowest BCUT2D eigenvalue weighted by Gasteiger charge is -2.40. The molecule has 1 aliphatic carbocycles. The largest absolute Gasteiger partial charge is 0.295 e. The average Bonchev–Trinajstić information content (AvgIpc) is 2.50. The van der Waals surface area contributed by atoms with Crippen molar-refractivity contribution in [2.24, 2.45) is 5.92 Å². The molecule has 0 saturated carbocycles. The van der Waals surface area contributed by atoms with Crippen LogP contribution in [0, 0.1) is 5.92 Å². The van der Waals surface area contributed by atoms with Gasteiger partial charge in [0.1, 0.15) is 0 Å². The predicted octanol–water partition coefficient (Wildman–Crippen LogP) is 4.14. The van der Waals surface area contributed by atoms with Gasteiger partial charge in [0.05, 0.1) is 0 Å². The van der Waals surface area contributed by atoms with Gasteiger partial charge in [0.15, 0.2) is 5.78 Å². The fourth-order valence-electron chi connectivity index (χ4n) is 3.28. The fraction of sp³-hybridized carbons (Fsp3) is 0.211. The number of benzene rings is 2. The van der Waals surface area contributed by atoms with Crippen LogP contribution in [0.1, 0.15) is 24.5 Å². The number of carbonyl (C=O) groups excluding carboxylic acids is 1. The predicted molar refractivity (Wildman–Crippen MR) is 81.6 cm³/mol. The summed E-state index contributed by atoms with van der Waals surface area (Å²) in [6.45, 7) is 2.17. The number of rotatable bonds is 2. The highest BCUT2D eigenvalue weighted by atomic mass is 16.1. The van der Waals surface area contributed by atoms with Gasteiger partial charge in [-0.1, -0.05) is 73.7 Å². The first-order valence-corrected chi connectivity index (χ1v) is 7.06. The van der Waals surface area contributed by atoms with Crippen LogP contribution in [0.4, 0.5) is 0 Å². The van der Waals surface area contributed by atoms with Gasteiger partial charge in [0, 0.05) is 11.8 Å². The first-order valence-electron chi connectivity index (χ1n) is 7.06. The first kappa shape index (κ1) is 12.9. The molecule has 1 heteroatoms. The molecule has 1 nitrogen and oxygen atoms in total. The second-order valence-corrected chi connectivity index (χ2v) is 5.51. The molecule has 0 unspecified atom stereocenters. The lowest BCUT2D eigenvalue weighted by Crippen LogP contribution is -2.37. The van der Waals surface area contributed by atoms with Gasteiger partial charge < -0.3 is 0 Å². The highest BCUT2D eigenvalue weighted by Crippen LogP contribution is 2.44. The van der Waals surface area contributed by atoms with Crippen molar-refractivity contribution in [3.63, 3.8) is 0 Å². The molecular weight excluding hydrogens is 244 g/mol. The van der Waals surface area contributed by atoms with Gasteiger partial charge in [-0.15, -0.1) is 0 Å². The molecule has 1 aliphatic rings. The number of hydrogen-bond donors (Lipinski definition) is 0. The SMILES string of the molecule is C[C@H]1CC(=O)C=CC1(c1ccccc1)c1ccccc1. The molecule has 0 aromatic heterocycles. The van der Waals surface area contributed by atoms with Crippen LogP contribution in [0.15, 0.2) is 72.8 Å². The Kier molecular flexibility index (Phi) is 3.27. The van der Waals surface area contributed by atoms with E-state index in [0.29, 0.717) is 6.42 Å². The Labute approximate surface area is 120 Å². The van der Waals surface area contributed by atoms with Crippen molar-refractivity contribution in [2.75, 3.05) is 0 Å². The van der Waals surface area contributed by atoms with Crippen LogP contribution in [0.25, 0.3) is 0 Å². The minimum atomic E-state index is -0.198. The summed E-state index contributed by atoms with van der Waals surface area (Å²) in [6.07, 6.45) is 4.44. The van der Waals surface area contributed by atoms with Crippen LogP contribution in [-0.4, -0.2) is 5.78 Å². The van der Waals surface area contributed by atoms with Gasteiger partial charge in [-0.2, -0.15) is 0 Å². The van der Waals surface area contributed by atoms with E-state index in [2.05, 4.69) is 61.5 Å². The van der Waals surface area contributed by atoms with Gasteiger partial charge in [-0.05, 0) is 23.1 Å². The fourth-order valence-corrected chi connectivity index (χ4v) is 3.28. The van der Waals surface area contributed by atoms with Gasteiger partial charge in [0.2, 0.25) is 0 Å². The molecule has 0 bridgehead atoms. The Morgan fingerprint density at radius 3 is 1.85 bits per heavy atom. The van der Waals surface area contributed by atoms with Crippen LogP contribution >= 0.6 is 0 Å². The van der Waals surface area contributed by atoms with E-state index in [-0.39, 0.29) is 17.1 Å². The van der Waals surface area contributed by atoms with E-state index >= 15 is 0 Å². The molecule has 3 rings (SSSR count). The Hall–Kier alpha value is -2.15. The van der Waals surface area contributed by atoms with Crippen molar-refractivity contribution in [3.8, 4) is 0 Å². The third-order valence-corrected chi connectivity index (χ3v) is 4.32. The zero-order chi connectivity index (χ0) is 14.0. The summed E-state index contributed by atoms with van der Waals surface area (Å²) < 4.78 is 0. The molecule has 2 aromatic carbocycles. The quantitative estimate of drug-likeness (QED) is 0.795. The minimum absolute atomic E-state index is 0.198. The monoisotopic (exact) mass is 262 g/mol. The summed E-state index contributed by atoms with van der Waals surface area (Å²) in [6, 6.07) is 21.0. The summed E-state index contributed by atoms with van der Waals surface area (Å²) in [5.41, 5.74) is 2.31. The van der Waals surface area contributed by atoms with Crippen LogP contribution in [-0.2, 0) is 10.2 Å². The number of carbonyl (C=O) groups is 1. The maximum atomic E-state index is 11.7. The molecule has 0 amide bonds. The molecule has 0 N–H and O–H groups in total. The summed E-state index contributed by atoms with van der Waals surface area (Å²) in [4.78, 5) is 11.7. The van der Waals surface area contributed by atoms with Gasteiger partial charge in [0.25, 0.3) is 0 Å². The van der Waals surface area contributed by atoms with Gasteiger partial charge >= 0.3 is 0 Å². The topological polar surface area (TPSA) is 17.1 Å². The number of ketones is 1. The summed E-state index contributed by atoms with van der Waals surface area (Å²) in [7, 11) is 0. The van der Waals surface area contributed by atoms with Gasteiger partial charge in [-0.3, -0.25) is 4.79 Å².